The van der Waals surface area contributed by atoms with Crippen LogP contribution in [0.4, 0.5) is 10.6 Å². The summed E-state index contributed by atoms with van der Waals surface area (Å²) in [5, 5.41) is 5.16. The minimum atomic E-state index is -1.07. The van der Waals surface area contributed by atoms with Crippen LogP contribution >= 0.6 is 0 Å². The first-order chi connectivity index (χ1) is 16.4. The molecule has 2 aromatic rings. The summed E-state index contributed by atoms with van der Waals surface area (Å²) in [7, 11) is 0. The van der Waals surface area contributed by atoms with Crippen molar-refractivity contribution in [2.75, 3.05) is 31.1 Å². The van der Waals surface area contributed by atoms with Crippen molar-refractivity contribution in [2.45, 2.75) is 52.0 Å². The molecule has 2 aliphatic rings. The van der Waals surface area contributed by atoms with Gasteiger partial charge in [-0.2, -0.15) is 0 Å². The normalized spacial score (nSPS) is 20.3. The maximum atomic E-state index is 13.1. The summed E-state index contributed by atoms with van der Waals surface area (Å²) in [4.78, 5) is 46.3. The van der Waals surface area contributed by atoms with Gasteiger partial charge in [-0.1, -0.05) is 44.9 Å². The summed E-state index contributed by atoms with van der Waals surface area (Å²) in [6.45, 7) is 8.95. The van der Waals surface area contributed by atoms with Gasteiger partial charge in [0.15, 0.2) is 0 Å². The Morgan fingerprint density at radius 1 is 1.09 bits per heavy atom. The quantitative estimate of drug-likeness (QED) is 0.615. The van der Waals surface area contributed by atoms with Crippen LogP contribution in [0.3, 0.4) is 0 Å². The number of carbonyl (C=O) groups excluding carboxylic acids is 3. The fourth-order valence-electron chi connectivity index (χ4n) is 4.81. The maximum Gasteiger partial charge on any atom is 0.322 e. The first-order valence-corrected chi connectivity index (χ1v) is 12.1. The third-order valence-electron chi connectivity index (χ3n) is 6.85. The molecule has 1 aromatic carbocycles. The molecule has 0 bridgehead atoms. The molecule has 8 heteroatoms. The van der Waals surface area contributed by atoms with Gasteiger partial charge >= 0.3 is 6.03 Å². The molecule has 1 atom stereocenters. The van der Waals surface area contributed by atoms with Crippen LogP contribution in [0.2, 0.25) is 0 Å². The van der Waals surface area contributed by atoms with Crippen molar-refractivity contribution in [2.24, 2.45) is 0 Å². The van der Waals surface area contributed by atoms with E-state index in [-0.39, 0.29) is 11.8 Å². The van der Waals surface area contributed by atoms with E-state index in [0.717, 1.165) is 43.7 Å². The average Bonchev–Trinajstić information content (AvgIpc) is 3.16. The van der Waals surface area contributed by atoms with E-state index < -0.39 is 11.6 Å². The number of rotatable bonds is 7. The Labute approximate surface area is 200 Å². The highest BCUT2D eigenvalue weighted by atomic mass is 16.2. The molecular formula is C26H33N5O3. The Morgan fingerprint density at radius 2 is 1.79 bits per heavy atom. The van der Waals surface area contributed by atoms with Gasteiger partial charge in [0.2, 0.25) is 0 Å². The Balaban J connectivity index is 1.43. The summed E-state index contributed by atoms with van der Waals surface area (Å²) < 4.78 is 0. The molecule has 2 aliphatic heterocycles. The van der Waals surface area contributed by atoms with E-state index >= 15 is 0 Å². The van der Waals surface area contributed by atoms with Crippen molar-refractivity contribution < 1.29 is 14.4 Å². The van der Waals surface area contributed by atoms with Crippen LogP contribution in [0.25, 0.3) is 0 Å². The summed E-state index contributed by atoms with van der Waals surface area (Å²) >= 11 is 0. The molecule has 0 saturated carbocycles. The number of aryl methyl sites for hydroxylation is 2. The lowest BCUT2D eigenvalue weighted by Gasteiger charge is -2.36. The second-order valence-electron chi connectivity index (χ2n) is 9.11. The summed E-state index contributed by atoms with van der Waals surface area (Å²) in [6, 6.07) is 8.78. The third kappa shape index (κ3) is 4.49. The molecule has 1 aromatic heterocycles. The van der Waals surface area contributed by atoms with E-state index in [1.807, 2.05) is 18.0 Å². The van der Waals surface area contributed by atoms with Crippen LogP contribution in [0.5, 0.6) is 0 Å². The number of aromatic nitrogens is 1. The third-order valence-corrected chi connectivity index (χ3v) is 6.85. The van der Waals surface area contributed by atoms with E-state index in [2.05, 4.69) is 40.4 Å². The van der Waals surface area contributed by atoms with E-state index in [0.29, 0.717) is 30.6 Å². The van der Waals surface area contributed by atoms with E-state index in [9.17, 15) is 14.4 Å². The lowest BCUT2D eigenvalue weighted by atomic mass is 9.84. The highest BCUT2D eigenvalue weighted by molar-refractivity contribution is 6.07. The van der Waals surface area contributed by atoms with Gasteiger partial charge in [0, 0.05) is 37.9 Å². The number of nitrogens with one attached hydrogen (secondary N) is 2. The van der Waals surface area contributed by atoms with Gasteiger partial charge in [0.1, 0.15) is 11.4 Å². The van der Waals surface area contributed by atoms with E-state index in [4.69, 9.17) is 0 Å². The van der Waals surface area contributed by atoms with Crippen LogP contribution in [-0.2, 0) is 16.8 Å². The topological polar surface area (TPSA) is 94.6 Å². The molecule has 0 radical (unpaired) electrons. The minimum absolute atomic E-state index is 0.0280. The Hall–Kier alpha value is -3.42. The van der Waals surface area contributed by atoms with Gasteiger partial charge in [0.05, 0.1) is 0 Å². The van der Waals surface area contributed by atoms with Crippen molar-refractivity contribution in [3.05, 3.63) is 58.8 Å². The van der Waals surface area contributed by atoms with Crippen LogP contribution in [0.15, 0.2) is 36.5 Å². The van der Waals surface area contributed by atoms with Gasteiger partial charge in [-0.25, -0.2) is 9.78 Å². The molecule has 0 spiro atoms. The molecule has 4 amide bonds. The molecule has 2 N–H and O–H groups in total. The predicted octanol–water partition coefficient (Wildman–Crippen LogP) is 3.14. The standard InChI is InChI=1S/C26H33N5O3/c1-4-6-11-26(24(33)28-25(34)29-26)21-9-7-20(8-10-21)23(32)31-14-12-30(13-15-31)22-18(3)16-19(5-2)17-27-22/h7-10,16-17H,4-6,11-15H2,1-3H3,(H2,28,29,33,34). The molecular weight excluding hydrogens is 430 g/mol. The van der Waals surface area contributed by atoms with Gasteiger partial charge in [0.25, 0.3) is 11.8 Å². The van der Waals surface area contributed by atoms with Crippen molar-refractivity contribution in [1.29, 1.82) is 0 Å². The number of pyridine rings is 1. The second-order valence-corrected chi connectivity index (χ2v) is 9.11. The first kappa shape index (κ1) is 23.7. The summed E-state index contributed by atoms with van der Waals surface area (Å²) in [6.07, 6.45) is 5.12. The van der Waals surface area contributed by atoms with Crippen molar-refractivity contribution in [3.63, 3.8) is 0 Å². The van der Waals surface area contributed by atoms with Gasteiger partial charge in [-0.3, -0.25) is 14.9 Å². The van der Waals surface area contributed by atoms with Crippen LogP contribution in [-0.4, -0.2) is 53.9 Å². The number of piperazine rings is 1. The fraction of sp³-hybridized carbons (Fsp3) is 0.462. The van der Waals surface area contributed by atoms with Crippen molar-refractivity contribution in [1.82, 2.24) is 20.5 Å². The monoisotopic (exact) mass is 463 g/mol. The number of amides is 4. The lowest BCUT2D eigenvalue weighted by Crippen LogP contribution is -2.49. The van der Waals surface area contributed by atoms with Crippen LogP contribution in [0.1, 0.15) is 60.2 Å². The van der Waals surface area contributed by atoms with E-state index in [1.54, 1.807) is 24.3 Å². The van der Waals surface area contributed by atoms with Crippen LogP contribution in [0, 0.1) is 6.92 Å². The highest BCUT2D eigenvalue weighted by Crippen LogP contribution is 2.31. The zero-order chi connectivity index (χ0) is 24.3. The smallest absolute Gasteiger partial charge is 0.322 e. The lowest BCUT2D eigenvalue weighted by molar-refractivity contribution is -0.124. The number of imide groups is 1. The SMILES string of the molecule is CCCCC1(c2ccc(C(=O)N3CCN(c4ncc(CC)cc4C)CC3)cc2)NC(=O)NC1=O. The van der Waals surface area contributed by atoms with Gasteiger partial charge in [-0.15, -0.1) is 0 Å². The molecule has 1 unspecified atom stereocenters. The number of benzene rings is 1. The minimum Gasteiger partial charge on any atom is -0.353 e. The predicted molar refractivity (Wildman–Crippen MR) is 131 cm³/mol. The molecule has 4 rings (SSSR count). The molecule has 0 aliphatic carbocycles. The molecule has 2 saturated heterocycles. The number of unbranched alkanes of at least 4 members (excludes halogenated alkanes) is 1. The number of anilines is 1. The fourth-order valence-corrected chi connectivity index (χ4v) is 4.81. The van der Waals surface area contributed by atoms with E-state index in [1.165, 1.54) is 5.56 Å². The maximum absolute atomic E-state index is 13.1. The Kier molecular flexibility index (Phi) is 6.86. The molecule has 180 valence electrons. The highest BCUT2D eigenvalue weighted by Gasteiger charge is 2.47. The zero-order valence-electron chi connectivity index (χ0n) is 20.2. The average molecular weight is 464 g/mol. The zero-order valence-corrected chi connectivity index (χ0v) is 20.2. The largest absolute Gasteiger partial charge is 0.353 e. The molecule has 34 heavy (non-hydrogen) atoms. The number of hydrogen-bond donors (Lipinski definition) is 2. The van der Waals surface area contributed by atoms with Crippen molar-refractivity contribution >= 4 is 23.7 Å². The number of carbonyl (C=O) groups is 3. The van der Waals surface area contributed by atoms with Gasteiger partial charge < -0.3 is 15.1 Å². The van der Waals surface area contributed by atoms with Gasteiger partial charge in [-0.05, 0) is 48.6 Å². The Bertz CT molecular complexity index is 1080. The number of hydrogen-bond acceptors (Lipinski definition) is 5. The molecule has 3 heterocycles. The Morgan fingerprint density at radius 3 is 2.35 bits per heavy atom. The number of urea groups is 1. The molecule has 8 nitrogen and oxygen atoms in total. The first-order valence-electron chi connectivity index (χ1n) is 12.1. The second kappa shape index (κ2) is 9.83. The molecule has 2 fully saturated rings. The van der Waals surface area contributed by atoms with Crippen molar-refractivity contribution in [3.8, 4) is 0 Å². The number of nitrogens with zero attached hydrogens (tertiary/aromatic N) is 3. The summed E-state index contributed by atoms with van der Waals surface area (Å²) in [5.74, 6) is 0.625. The summed E-state index contributed by atoms with van der Waals surface area (Å²) in [5.41, 5.74) is 2.59. The van der Waals surface area contributed by atoms with Crippen LogP contribution < -0.4 is 15.5 Å².